The fraction of sp³-hybridized carbons (Fsp3) is 0.538. The van der Waals surface area contributed by atoms with Gasteiger partial charge in [-0.1, -0.05) is 26.0 Å². The predicted octanol–water partition coefficient (Wildman–Crippen LogP) is 1.68. The highest BCUT2D eigenvalue weighted by molar-refractivity contribution is 5.79. The third kappa shape index (κ3) is 2.40. The van der Waals surface area contributed by atoms with Crippen LogP contribution in [-0.4, -0.2) is 33.4 Å². The molecule has 4 heteroatoms. The van der Waals surface area contributed by atoms with E-state index < -0.39 is 0 Å². The molecule has 0 bridgehead atoms. The minimum Gasteiger partial charge on any atom is -0.348 e. The van der Waals surface area contributed by atoms with E-state index in [-0.39, 0.29) is 11.9 Å². The van der Waals surface area contributed by atoms with Gasteiger partial charge in [-0.25, -0.2) is 4.98 Å². The first kappa shape index (κ1) is 11.9. The first-order valence-corrected chi connectivity index (χ1v) is 6.04. The highest BCUT2D eigenvalue weighted by Crippen LogP contribution is 2.19. The number of aryl methyl sites for hydroxylation is 1. The lowest BCUT2D eigenvalue weighted by Gasteiger charge is -2.27. The zero-order valence-electron chi connectivity index (χ0n) is 10.6. The second-order valence-corrected chi connectivity index (χ2v) is 4.86. The van der Waals surface area contributed by atoms with Gasteiger partial charge in [-0.05, 0) is 12.8 Å². The average Bonchev–Trinajstić information content (AvgIpc) is 2.87. The standard InChI is InChI=1S/C13H19N3O/c1-9(2)12-5-4-6-16(12)13(17)7-11-10(3)14-8-15-11/h4-5,8-9,12H,6-7H2,1-3H3,(H,14,15). The molecule has 1 atom stereocenters. The van der Waals surface area contributed by atoms with Crippen molar-refractivity contribution in [3.63, 3.8) is 0 Å². The van der Waals surface area contributed by atoms with Gasteiger partial charge in [0.15, 0.2) is 0 Å². The molecule has 1 aromatic rings. The number of aromatic amines is 1. The number of carbonyl (C=O) groups excluding carboxylic acids is 1. The Morgan fingerprint density at radius 1 is 1.65 bits per heavy atom. The third-order valence-electron chi connectivity index (χ3n) is 3.25. The van der Waals surface area contributed by atoms with Crippen molar-refractivity contribution in [1.82, 2.24) is 14.9 Å². The van der Waals surface area contributed by atoms with Gasteiger partial charge in [0.25, 0.3) is 0 Å². The largest absolute Gasteiger partial charge is 0.348 e. The Bertz CT molecular complexity index is 434. The van der Waals surface area contributed by atoms with Crippen LogP contribution in [-0.2, 0) is 11.2 Å². The molecule has 4 nitrogen and oxygen atoms in total. The van der Waals surface area contributed by atoms with Crippen molar-refractivity contribution >= 4 is 5.91 Å². The number of aromatic nitrogens is 2. The summed E-state index contributed by atoms with van der Waals surface area (Å²) >= 11 is 0. The smallest absolute Gasteiger partial charge is 0.229 e. The van der Waals surface area contributed by atoms with Gasteiger partial charge < -0.3 is 9.88 Å². The van der Waals surface area contributed by atoms with Crippen LogP contribution in [0.25, 0.3) is 0 Å². The molecule has 0 fully saturated rings. The SMILES string of the molecule is Cc1[nH]cnc1CC(=O)N1CC=CC1C(C)C. The van der Waals surface area contributed by atoms with E-state index in [0.717, 1.165) is 17.9 Å². The van der Waals surface area contributed by atoms with Crippen molar-refractivity contribution < 1.29 is 4.79 Å². The minimum absolute atomic E-state index is 0.156. The summed E-state index contributed by atoms with van der Waals surface area (Å²) in [5.41, 5.74) is 1.83. The summed E-state index contributed by atoms with van der Waals surface area (Å²) < 4.78 is 0. The quantitative estimate of drug-likeness (QED) is 0.808. The first-order valence-electron chi connectivity index (χ1n) is 6.04. The molecule has 1 aliphatic rings. The normalized spacial score (nSPS) is 19.3. The molecule has 1 aromatic heterocycles. The highest BCUT2D eigenvalue weighted by atomic mass is 16.2. The molecule has 1 unspecified atom stereocenters. The van der Waals surface area contributed by atoms with Crippen LogP contribution in [0.3, 0.4) is 0 Å². The van der Waals surface area contributed by atoms with Crippen LogP contribution in [0.2, 0.25) is 0 Å². The van der Waals surface area contributed by atoms with Gasteiger partial charge in [-0.2, -0.15) is 0 Å². The monoisotopic (exact) mass is 233 g/mol. The second kappa shape index (κ2) is 4.73. The molecule has 17 heavy (non-hydrogen) atoms. The van der Waals surface area contributed by atoms with E-state index in [2.05, 4.69) is 36.0 Å². The Morgan fingerprint density at radius 2 is 2.41 bits per heavy atom. The molecule has 0 radical (unpaired) electrons. The number of hydrogen-bond acceptors (Lipinski definition) is 2. The van der Waals surface area contributed by atoms with Crippen LogP contribution < -0.4 is 0 Å². The summed E-state index contributed by atoms with van der Waals surface area (Å²) in [4.78, 5) is 21.3. The van der Waals surface area contributed by atoms with E-state index in [1.165, 1.54) is 0 Å². The summed E-state index contributed by atoms with van der Waals surface area (Å²) in [6.45, 7) is 6.95. The fourth-order valence-electron chi connectivity index (χ4n) is 2.20. The molecule has 2 rings (SSSR count). The molecular formula is C13H19N3O. The maximum absolute atomic E-state index is 12.2. The molecule has 0 aromatic carbocycles. The van der Waals surface area contributed by atoms with Gasteiger partial charge in [0, 0.05) is 12.2 Å². The number of hydrogen-bond donors (Lipinski definition) is 1. The zero-order valence-corrected chi connectivity index (χ0v) is 10.6. The summed E-state index contributed by atoms with van der Waals surface area (Å²) in [6.07, 6.45) is 6.22. The molecule has 1 amide bonds. The van der Waals surface area contributed by atoms with Crippen molar-refractivity contribution in [1.29, 1.82) is 0 Å². The summed E-state index contributed by atoms with van der Waals surface area (Å²) in [5, 5.41) is 0. The Labute approximate surface area is 102 Å². The van der Waals surface area contributed by atoms with Gasteiger partial charge in [-0.15, -0.1) is 0 Å². The van der Waals surface area contributed by atoms with Crippen molar-refractivity contribution in [2.24, 2.45) is 5.92 Å². The third-order valence-corrected chi connectivity index (χ3v) is 3.25. The maximum Gasteiger partial charge on any atom is 0.229 e. The Kier molecular flexibility index (Phi) is 3.31. The molecule has 0 saturated carbocycles. The molecule has 0 saturated heterocycles. The Morgan fingerprint density at radius 3 is 3.00 bits per heavy atom. The zero-order chi connectivity index (χ0) is 12.4. The topological polar surface area (TPSA) is 49.0 Å². The molecule has 92 valence electrons. The predicted molar refractivity (Wildman–Crippen MR) is 66.5 cm³/mol. The number of H-pyrrole nitrogens is 1. The van der Waals surface area contributed by atoms with Gasteiger partial charge in [0.05, 0.1) is 24.5 Å². The van der Waals surface area contributed by atoms with Crippen LogP contribution in [0.5, 0.6) is 0 Å². The van der Waals surface area contributed by atoms with Gasteiger partial charge in [-0.3, -0.25) is 4.79 Å². The first-order chi connectivity index (χ1) is 8.09. The van der Waals surface area contributed by atoms with E-state index in [0.29, 0.717) is 12.3 Å². The lowest BCUT2D eigenvalue weighted by Crippen LogP contribution is -2.40. The van der Waals surface area contributed by atoms with Gasteiger partial charge >= 0.3 is 0 Å². The maximum atomic E-state index is 12.2. The van der Waals surface area contributed by atoms with Crippen molar-refractivity contribution in [2.45, 2.75) is 33.2 Å². The highest BCUT2D eigenvalue weighted by Gasteiger charge is 2.27. The van der Waals surface area contributed by atoms with Crippen LogP contribution in [0.15, 0.2) is 18.5 Å². The lowest BCUT2D eigenvalue weighted by atomic mass is 10.0. The van der Waals surface area contributed by atoms with E-state index in [1.54, 1.807) is 6.33 Å². The number of carbonyl (C=O) groups is 1. The lowest BCUT2D eigenvalue weighted by molar-refractivity contribution is -0.131. The number of imidazole rings is 1. The van der Waals surface area contributed by atoms with Crippen LogP contribution in [0.1, 0.15) is 25.2 Å². The second-order valence-electron chi connectivity index (χ2n) is 4.86. The van der Waals surface area contributed by atoms with Gasteiger partial charge in [0.1, 0.15) is 0 Å². The fourth-order valence-corrected chi connectivity index (χ4v) is 2.20. The summed E-state index contributed by atoms with van der Waals surface area (Å²) in [6, 6.07) is 0.238. The van der Waals surface area contributed by atoms with Crippen LogP contribution >= 0.6 is 0 Å². The molecule has 0 spiro atoms. The molecule has 1 aliphatic heterocycles. The van der Waals surface area contributed by atoms with E-state index >= 15 is 0 Å². The molecule has 2 heterocycles. The Hall–Kier alpha value is -1.58. The van der Waals surface area contributed by atoms with E-state index in [1.807, 2.05) is 11.8 Å². The number of nitrogens with zero attached hydrogens (tertiary/aromatic N) is 2. The number of amides is 1. The summed E-state index contributed by atoms with van der Waals surface area (Å²) in [5.74, 6) is 0.613. The van der Waals surface area contributed by atoms with Crippen molar-refractivity contribution in [3.8, 4) is 0 Å². The number of nitrogens with one attached hydrogen (secondary N) is 1. The average molecular weight is 233 g/mol. The number of rotatable bonds is 3. The van der Waals surface area contributed by atoms with Crippen molar-refractivity contribution in [3.05, 3.63) is 29.9 Å². The molecule has 0 aliphatic carbocycles. The van der Waals surface area contributed by atoms with Crippen LogP contribution in [0, 0.1) is 12.8 Å². The minimum atomic E-state index is 0.156. The Balaban J connectivity index is 2.04. The van der Waals surface area contributed by atoms with E-state index in [9.17, 15) is 4.79 Å². The van der Waals surface area contributed by atoms with Gasteiger partial charge in [0.2, 0.25) is 5.91 Å². The molecule has 1 N–H and O–H groups in total. The van der Waals surface area contributed by atoms with Crippen LogP contribution in [0.4, 0.5) is 0 Å². The summed E-state index contributed by atoms with van der Waals surface area (Å²) in [7, 11) is 0. The van der Waals surface area contributed by atoms with E-state index in [4.69, 9.17) is 0 Å². The van der Waals surface area contributed by atoms with Crippen molar-refractivity contribution in [2.75, 3.05) is 6.54 Å². The molecular weight excluding hydrogens is 214 g/mol.